The van der Waals surface area contributed by atoms with Gasteiger partial charge in [-0.1, -0.05) is 23.5 Å². The molecular weight excluding hydrogens is 334 g/mol. The second-order valence-corrected chi connectivity index (χ2v) is 6.21. The maximum absolute atomic E-state index is 10.8. The topological polar surface area (TPSA) is 117 Å². The summed E-state index contributed by atoms with van der Waals surface area (Å²) in [5, 5.41) is 34.5. The highest BCUT2D eigenvalue weighted by Crippen LogP contribution is 2.39. The quantitative estimate of drug-likeness (QED) is 0.510. The largest absolute Gasteiger partial charge is 0.492 e. The fourth-order valence-corrected chi connectivity index (χ4v) is 3.67. The number of aromatic nitrogens is 3. The molecular formula is C14H15N5O4S. The Morgan fingerprint density at radius 3 is 2.71 bits per heavy atom. The van der Waals surface area contributed by atoms with Crippen LogP contribution in [0.15, 0.2) is 30.6 Å². The lowest BCUT2D eigenvalue weighted by atomic mass is 10.0. The molecule has 0 fully saturated rings. The van der Waals surface area contributed by atoms with E-state index in [9.17, 15) is 20.3 Å². The molecule has 2 heterocycles. The average molecular weight is 349 g/mol. The van der Waals surface area contributed by atoms with Crippen LogP contribution >= 0.6 is 11.3 Å². The number of aliphatic hydroxyl groups excluding tert-OH is 1. The first-order chi connectivity index (χ1) is 11.5. The lowest BCUT2D eigenvalue weighted by Gasteiger charge is -2.26. The van der Waals surface area contributed by atoms with Gasteiger partial charge in [-0.05, 0) is 12.6 Å². The smallest absolute Gasteiger partial charge is 0.269 e. The third-order valence-corrected chi connectivity index (χ3v) is 4.79. The van der Waals surface area contributed by atoms with Crippen LogP contribution in [0.4, 0.5) is 5.69 Å². The van der Waals surface area contributed by atoms with Crippen LogP contribution in [0.2, 0.25) is 0 Å². The fraction of sp³-hybridized carbons (Fsp3) is 0.286. The Hall–Kier alpha value is -2.56. The Bertz CT molecular complexity index is 860. The van der Waals surface area contributed by atoms with E-state index in [0.29, 0.717) is 16.4 Å². The number of hydrogen-bond acceptors (Lipinski definition) is 8. The first-order valence-corrected chi connectivity index (χ1v) is 7.91. The van der Waals surface area contributed by atoms with Crippen molar-refractivity contribution in [2.75, 3.05) is 20.2 Å². The molecule has 0 spiro atoms. The zero-order chi connectivity index (χ0) is 17.3. The molecule has 0 aliphatic rings. The van der Waals surface area contributed by atoms with Gasteiger partial charge in [-0.2, -0.15) is 9.61 Å². The van der Waals surface area contributed by atoms with E-state index < -0.39 is 4.92 Å². The van der Waals surface area contributed by atoms with E-state index in [-0.39, 0.29) is 24.2 Å². The number of likely N-dealkylation sites (N-methyl/N-ethyl adjacent to an activating group) is 1. The summed E-state index contributed by atoms with van der Waals surface area (Å²) >= 11 is 1.28. The molecule has 24 heavy (non-hydrogen) atoms. The molecule has 1 aromatic carbocycles. The normalized spacial score (nSPS) is 12.8. The first-order valence-electron chi connectivity index (χ1n) is 7.09. The summed E-state index contributed by atoms with van der Waals surface area (Å²) in [6.45, 7) is 0.316. The van der Waals surface area contributed by atoms with Crippen LogP contribution in [-0.2, 0) is 0 Å². The lowest BCUT2D eigenvalue weighted by molar-refractivity contribution is -0.384. The fourth-order valence-electron chi connectivity index (χ4n) is 2.54. The van der Waals surface area contributed by atoms with Crippen molar-refractivity contribution in [1.82, 2.24) is 19.5 Å². The van der Waals surface area contributed by atoms with E-state index >= 15 is 0 Å². The average Bonchev–Trinajstić information content (AvgIpc) is 3.13. The number of fused-ring (bicyclic) bond motifs is 1. The highest BCUT2D eigenvalue weighted by molar-refractivity contribution is 7.17. The Morgan fingerprint density at radius 1 is 1.42 bits per heavy atom. The summed E-state index contributed by atoms with van der Waals surface area (Å²) in [5.74, 6) is -0.0272. The molecule has 0 saturated heterocycles. The number of nitro groups is 1. The predicted molar refractivity (Wildman–Crippen MR) is 87.2 cm³/mol. The second kappa shape index (κ2) is 6.51. The maximum atomic E-state index is 10.8. The molecule has 9 nitrogen and oxygen atoms in total. The number of rotatable bonds is 6. The Balaban J connectivity index is 2.07. The van der Waals surface area contributed by atoms with Gasteiger partial charge in [0.1, 0.15) is 6.33 Å². The number of non-ortho nitro benzene ring substituents is 1. The first kappa shape index (κ1) is 16.3. The minimum absolute atomic E-state index is 0.00539. The molecule has 0 aliphatic carbocycles. The van der Waals surface area contributed by atoms with E-state index in [0.717, 1.165) is 5.56 Å². The number of benzene rings is 1. The summed E-state index contributed by atoms with van der Waals surface area (Å²) in [6, 6.07) is 5.75. The van der Waals surface area contributed by atoms with Gasteiger partial charge < -0.3 is 10.2 Å². The molecule has 3 aromatic rings. The minimum atomic E-state index is -0.461. The summed E-state index contributed by atoms with van der Waals surface area (Å²) in [5.41, 5.74) is 0.755. The van der Waals surface area contributed by atoms with E-state index in [1.54, 1.807) is 19.2 Å². The molecule has 126 valence electrons. The van der Waals surface area contributed by atoms with E-state index in [2.05, 4.69) is 10.1 Å². The van der Waals surface area contributed by atoms with Crippen molar-refractivity contribution in [2.24, 2.45) is 0 Å². The van der Waals surface area contributed by atoms with Gasteiger partial charge in [-0.15, -0.1) is 0 Å². The van der Waals surface area contributed by atoms with Crippen LogP contribution in [0.5, 0.6) is 5.88 Å². The van der Waals surface area contributed by atoms with Crippen molar-refractivity contribution in [3.63, 3.8) is 0 Å². The molecule has 10 heteroatoms. The highest BCUT2D eigenvalue weighted by atomic mass is 32.1. The minimum Gasteiger partial charge on any atom is -0.492 e. The predicted octanol–water partition coefficient (Wildman–Crippen LogP) is 1.42. The van der Waals surface area contributed by atoms with Crippen LogP contribution in [0.1, 0.15) is 16.5 Å². The third kappa shape index (κ3) is 2.82. The van der Waals surface area contributed by atoms with Gasteiger partial charge >= 0.3 is 0 Å². The van der Waals surface area contributed by atoms with Crippen LogP contribution in [0.25, 0.3) is 4.96 Å². The molecule has 0 aliphatic heterocycles. The number of nitro benzene ring substituents is 1. The number of nitrogens with zero attached hydrogens (tertiary/aromatic N) is 5. The Morgan fingerprint density at radius 2 is 2.12 bits per heavy atom. The van der Waals surface area contributed by atoms with Crippen molar-refractivity contribution >= 4 is 22.0 Å². The third-order valence-electron chi connectivity index (χ3n) is 3.70. The Labute approximate surface area is 140 Å². The van der Waals surface area contributed by atoms with Gasteiger partial charge in [-0.3, -0.25) is 15.0 Å². The molecule has 0 bridgehead atoms. The van der Waals surface area contributed by atoms with Crippen LogP contribution in [0.3, 0.4) is 0 Å². The molecule has 1 atom stereocenters. The van der Waals surface area contributed by atoms with Crippen molar-refractivity contribution in [2.45, 2.75) is 6.04 Å². The van der Waals surface area contributed by atoms with Crippen LogP contribution in [0, 0.1) is 10.1 Å². The van der Waals surface area contributed by atoms with Crippen molar-refractivity contribution in [3.05, 3.63) is 51.1 Å². The monoisotopic (exact) mass is 349 g/mol. The van der Waals surface area contributed by atoms with Crippen LogP contribution in [-0.4, -0.2) is 54.8 Å². The SMILES string of the molecule is CN(CCO)C(c1ccc([N+](=O)[O-])cc1)c1sc2ncnn2c1O. The van der Waals surface area contributed by atoms with Crippen molar-refractivity contribution in [3.8, 4) is 5.88 Å². The number of aliphatic hydroxyl groups is 1. The van der Waals surface area contributed by atoms with Crippen LogP contribution < -0.4 is 0 Å². The summed E-state index contributed by atoms with van der Waals surface area (Å²) in [4.78, 5) is 17.4. The van der Waals surface area contributed by atoms with E-state index in [1.807, 2.05) is 4.90 Å². The number of thiazole rings is 1. The zero-order valence-electron chi connectivity index (χ0n) is 12.7. The van der Waals surface area contributed by atoms with Gasteiger partial charge in [-0.25, -0.2) is 4.98 Å². The van der Waals surface area contributed by atoms with Gasteiger partial charge in [0.05, 0.1) is 22.4 Å². The summed E-state index contributed by atoms with van der Waals surface area (Å²) in [7, 11) is 1.80. The molecule has 0 amide bonds. The molecule has 3 rings (SSSR count). The molecule has 1 unspecified atom stereocenters. The highest BCUT2D eigenvalue weighted by Gasteiger charge is 2.27. The van der Waals surface area contributed by atoms with E-state index in [4.69, 9.17) is 0 Å². The summed E-state index contributed by atoms with van der Waals surface area (Å²) in [6.07, 6.45) is 1.35. The molecule has 0 radical (unpaired) electrons. The molecule has 2 aromatic heterocycles. The lowest BCUT2D eigenvalue weighted by Crippen LogP contribution is -2.28. The van der Waals surface area contributed by atoms with Gasteiger partial charge in [0.15, 0.2) is 0 Å². The number of hydrogen-bond donors (Lipinski definition) is 2. The maximum Gasteiger partial charge on any atom is 0.269 e. The van der Waals surface area contributed by atoms with E-state index in [1.165, 1.54) is 34.3 Å². The molecule has 2 N–H and O–H groups in total. The Kier molecular flexibility index (Phi) is 4.42. The standard InChI is InChI=1S/C14H15N5O4S/c1-17(6-7-20)11(9-2-4-10(5-3-9)19(22)23)12-13(21)18-14(24-12)15-8-16-18/h2-5,8,11,20-21H,6-7H2,1H3. The number of aromatic hydroxyl groups is 1. The van der Waals surface area contributed by atoms with Gasteiger partial charge in [0.25, 0.3) is 5.69 Å². The van der Waals surface area contributed by atoms with Gasteiger partial charge in [0, 0.05) is 18.7 Å². The zero-order valence-corrected chi connectivity index (χ0v) is 13.6. The second-order valence-electron chi connectivity index (χ2n) is 5.20. The van der Waals surface area contributed by atoms with Crippen molar-refractivity contribution in [1.29, 1.82) is 0 Å². The molecule has 0 saturated carbocycles. The van der Waals surface area contributed by atoms with Crippen molar-refractivity contribution < 1.29 is 15.1 Å². The van der Waals surface area contributed by atoms with Gasteiger partial charge in [0.2, 0.25) is 10.8 Å². The summed E-state index contributed by atoms with van der Waals surface area (Å²) < 4.78 is 1.34.